The summed E-state index contributed by atoms with van der Waals surface area (Å²) in [4.78, 5) is 0. The van der Waals surface area contributed by atoms with Gasteiger partial charge in [-0.05, 0) is 31.0 Å². The fraction of sp³-hybridized carbons (Fsp3) is 0.529. The summed E-state index contributed by atoms with van der Waals surface area (Å²) in [7, 11) is 3.35. The molecule has 0 atom stereocenters. The van der Waals surface area contributed by atoms with Crippen LogP contribution in [0.4, 0.5) is 0 Å². The van der Waals surface area contributed by atoms with Crippen LogP contribution in [0, 0.1) is 5.92 Å². The van der Waals surface area contributed by atoms with E-state index in [-0.39, 0.29) is 0 Å². The van der Waals surface area contributed by atoms with Crippen LogP contribution in [0.2, 0.25) is 0 Å². The molecule has 0 radical (unpaired) electrons. The van der Waals surface area contributed by atoms with Gasteiger partial charge in [0.1, 0.15) is 11.5 Å². The minimum absolute atomic E-state index is 0.670. The third-order valence-corrected chi connectivity index (χ3v) is 3.16. The molecule has 1 rings (SSSR count). The summed E-state index contributed by atoms with van der Waals surface area (Å²) in [6.45, 7) is 8.57. The van der Waals surface area contributed by atoms with Crippen LogP contribution in [-0.4, -0.2) is 27.3 Å². The van der Waals surface area contributed by atoms with Crippen molar-refractivity contribution in [2.45, 2.75) is 27.2 Å². The van der Waals surface area contributed by atoms with Crippen molar-refractivity contribution in [1.82, 2.24) is 5.32 Å². The van der Waals surface area contributed by atoms with Crippen molar-refractivity contribution in [3.05, 3.63) is 29.3 Å². The number of methoxy groups -OCH3 is 2. The Balaban J connectivity index is 2.83. The Bertz CT molecular complexity index is 439. The van der Waals surface area contributed by atoms with Gasteiger partial charge in [0.25, 0.3) is 0 Å². The lowest BCUT2D eigenvalue weighted by molar-refractivity contribution is 0.393. The Morgan fingerprint density at radius 3 is 2.55 bits per heavy atom. The van der Waals surface area contributed by atoms with E-state index in [9.17, 15) is 0 Å². The molecule has 0 spiro atoms. The molecule has 0 heterocycles. The molecule has 1 N–H and O–H groups in total. The van der Waals surface area contributed by atoms with Crippen LogP contribution in [0.3, 0.4) is 0 Å². The topological polar surface area (TPSA) is 30.5 Å². The lowest BCUT2D eigenvalue weighted by Gasteiger charge is -2.12. The van der Waals surface area contributed by atoms with Crippen molar-refractivity contribution in [2.75, 3.05) is 27.3 Å². The molecule has 1 aromatic carbocycles. The fourth-order valence-electron chi connectivity index (χ4n) is 1.96. The Morgan fingerprint density at radius 1 is 1.25 bits per heavy atom. The first-order valence-corrected chi connectivity index (χ1v) is 7.22. The van der Waals surface area contributed by atoms with E-state index in [0.29, 0.717) is 5.92 Å². The molecule has 0 saturated heterocycles. The molecule has 0 saturated carbocycles. The number of ether oxygens (including phenoxy) is 2. The van der Waals surface area contributed by atoms with Gasteiger partial charge in [0.05, 0.1) is 14.2 Å². The Hall–Kier alpha value is -1.48. The lowest BCUT2D eigenvalue weighted by atomic mass is 10.1. The van der Waals surface area contributed by atoms with Gasteiger partial charge in [-0.25, -0.2) is 0 Å². The SMILES string of the molecule is CCC(=Cc1ccc(OC)cc1OC)CNCC(C)C. The van der Waals surface area contributed by atoms with Gasteiger partial charge in [-0.1, -0.05) is 32.4 Å². The molecule has 3 nitrogen and oxygen atoms in total. The molecule has 1 aromatic rings. The zero-order chi connectivity index (χ0) is 15.0. The summed E-state index contributed by atoms with van der Waals surface area (Å²) in [6, 6.07) is 5.92. The molecule has 0 aliphatic carbocycles. The van der Waals surface area contributed by atoms with Crippen molar-refractivity contribution >= 4 is 6.08 Å². The highest BCUT2D eigenvalue weighted by atomic mass is 16.5. The maximum absolute atomic E-state index is 5.43. The highest BCUT2D eigenvalue weighted by Crippen LogP contribution is 2.26. The van der Waals surface area contributed by atoms with Crippen LogP contribution in [0.5, 0.6) is 11.5 Å². The van der Waals surface area contributed by atoms with Gasteiger partial charge < -0.3 is 14.8 Å². The highest BCUT2D eigenvalue weighted by molar-refractivity contribution is 5.61. The number of hydrogen-bond donors (Lipinski definition) is 1. The lowest BCUT2D eigenvalue weighted by Crippen LogP contribution is -2.21. The van der Waals surface area contributed by atoms with E-state index in [1.807, 2.05) is 18.2 Å². The van der Waals surface area contributed by atoms with E-state index >= 15 is 0 Å². The van der Waals surface area contributed by atoms with Gasteiger partial charge in [-0.2, -0.15) is 0 Å². The second-order valence-corrected chi connectivity index (χ2v) is 5.29. The Morgan fingerprint density at radius 2 is 2.00 bits per heavy atom. The quantitative estimate of drug-likeness (QED) is 0.785. The van der Waals surface area contributed by atoms with Crippen LogP contribution in [-0.2, 0) is 0 Å². The van der Waals surface area contributed by atoms with Crippen LogP contribution < -0.4 is 14.8 Å². The van der Waals surface area contributed by atoms with E-state index in [1.54, 1.807) is 14.2 Å². The summed E-state index contributed by atoms with van der Waals surface area (Å²) in [6.07, 6.45) is 3.23. The molecule has 0 bridgehead atoms. The van der Waals surface area contributed by atoms with Gasteiger partial charge in [0.2, 0.25) is 0 Å². The van der Waals surface area contributed by atoms with E-state index < -0.39 is 0 Å². The summed E-state index contributed by atoms with van der Waals surface area (Å²) >= 11 is 0. The maximum Gasteiger partial charge on any atom is 0.129 e. The summed E-state index contributed by atoms with van der Waals surface area (Å²) in [5.41, 5.74) is 2.46. The van der Waals surface area contributed by atoms with Gasteiger partial charge in [0.15, 0.2) is 0 Å². The molecule has 0 aliphatic rings. The zero-order valence-corrected chi connectivity index (χ0v) is 13.3. The molecule has 0 amide bonds. The zero-order valence-electron chi connectivity index (χ0n) is 13.3. The van der Waals surface area contributed by atoms with Crippen molar-refractivity contribution in [3.8, 4) is 11.5 Å². The first kappa shape index (κ1) is 16.6. The molecule has 0 aromatic heterocycles. The van der Waals surface area contributed by atoms with E-state index in [1.165, 1.54) is 5.57 Å². The van der Waals surface area contributed by atoms with E-state index in [4.69, 9.17) is 9.47 Å². The molecular formula is C17H27NO2. The number of rotatable bonds is 8. The normalized spacial score (nSPS) is 11.8. The third kappa shape index (κ3) is 5.25. The highest BCUT2D eigenvalue weighted by Gasteiger charge is 2.04. The van der Waals surface area contributed by atoms with E-state index in [2.05, 4.69) is 32.2 Å². The largest absolute Gasteiger partial charge is 0.497 e. The Kier molecular flexibility index (Phi) is 7.16. The average Bonchev–Trinajstić information content (AvgIpc) is 2.45. The van der Waals surface area contributed by atoms with Crippen molar-refractivity contribution in [3.63, 3.8) is 0 Å². The predicted molar refractivity (Wildman–Crippen MR) is 85.5 cm³/mol. The molecular weight excluding hydrogens is 250 g/mol. The standard InChI is InChI=1S/C17H27NO2/c1-6-14(12-18-11-13(2)3)9-15-7-8-16(19-4)10-17(15)20-5/h7-10,13,18H,6,11-12H2,1-5H3. The third-order valence-electron chi connectivity index (χ3n) is 3.16. The van der Waals surface area contributed by atoms with Crippen LogP contribution in [0.25, 0.3) is 6.08 Å². The summed E-state index contributed by atoms with van der Waals surface area (Å²) in [5, 5.41) is 3.48. The summed E-state index contributed by atoms with van der Waals surface area (Å²) < 4.78 is 10.7. The number of benzene rings is 1. The molecule has 112 valence electrons. The molecule has 3 heteroatoms. The summed E-state index contributed by atoms with van der Waals surface area (Å²) in [5.74, 6) is 2.33. The fourth-order valence-corrected chi connectivity index (χ4v) is 1.96. The van der Waals surface area contributed by atoms with Crippen LogP contribution in [0.15, 0.2) is 23.8 Å². The first-order valence-electron chi connectivity index (χ1n) is 7.22. The predicted octanol–water partition coefficient (Wildman–Crippen LogP) is 3.74. The van der Waals surface area contributed by atoms with Crippen LogP contribution in [0.1, 0.15) is 32.8 Å². The van der Waals surface area contributed by atoms with Crippen molar-refractivity contribution in [2.24, 2.45) is 5.92 Å². The average molecular weight is 277 g/mol. The first-order chi connectivity index (χ1) is 9.60. The number of nitrogens with one attached hydrogen (secondary N) is 1. The van der Waals surface area contributed by atoms with Gasteiger partial charge >= 0.3 is 0 Å². The molecule has 0 unspecified atom stereocenters. The van der Waals surface area contributed by atoms with E-state index in [0.717, 1.165) is 36.6 Å². The van der Waals surface area contributed by atoms with Gasteiger partial charge in [0, 0.05) is 18.2 Å². The van der Waals surface area contributed by atoms with Crippen molar-refractivity contribution in [1.29, 1.82) is 0 Å². The second-order valence-electron chi connectivity index (χ2n) is 5.29. The van der Waals surface area contributed by atoms with Gasteiger partial charge in [-0.15, -0.1) is 0 Å². The second kappa shape index (κ2) is 8.64. The molecule has 0 aliphatic heterocycles. The smallest absolute Gasteiger partial charge is 0.129 e. The minimum Gasteiger partial charge on any atom is -0.497 e. The monoisotopic (exact) mass is 277 g/mol. The minimum atomic E-state index is 0.670. The van der Waals surface area contributed by atoms with Crippen molar-refractivity contribution < 1.29 is 9.47 Å². The van der Waals surface area contributed by atoms with Gasteiger partial charge in [-0.3, -0.25) is 0 Å². The molecule has 0 fully saturated rings. The van der Waals surface area contributed by atoms with Crippen LogP contribution >= 0.6 is 0 Å². The Labute approximate surface area is 123 Å². The molecule has 20 heavy (non-hydrogen) atoms. The maximum atomic E-state index is 5.43. The number of hydrogen-bond acceptors (Lipinski definition) is 3.